The van der Waals surface area contributed by atoms with Crippen LogP contribution in [0, 0.1) is 0 Å². The first-order chi connectivity index (χ1) is 18.5. The third kappa shape index (κ3) is 11.2. The molecule has 0 saturated carbocycles. The van der Waals surface area contributed by atoms with Crippen molar-refractivity contribution in [2.45, 2.75) is 32.5 Å². The van der Waals surface area contributed by atoms with Gasteiger partial charge in [0, 0.05) is 17.8 Å². The van der Waals surface area contributed by atoms with Crippen LogP contribution in [0.25, 0.3) is 0 Å². The fourth-order valence-corrected chi connectivity index (χ4v) is 2.91. The van der Waals surface area contributed by atoms with E-state index in [9.17, 15) is 28.8 Å². The van der Waals surface area contributed by atoms with Gasteiger partial charge in [-0.05, 0) is 31.5 Å². The van der Waals surface area contributed by atoms with Crippen molar-refractivity contribution in [3.63, 3.8) is 0 Å². The van der Waals surface area contributed by atoms with E-state index in [4.69, 9.17) is 10.5 Å². The zero-order valence-corrected chi connectivity index (χ0v) is 21.4. The highest BCUT2D eigenvalue weighted by atomic mass is 16.5. The number of para-hydroxylation sites is 1. The van der Waals surface area contributed by atoms with E-state index in [1.807, 2.05) is 6.07 Å². The van der Waals surface area contributed by atoms with Crippen LogP contribution in [0.4, 0.5) is 10.5 Å². The van der Waals surface area contributed by atoms with E-state index >= 15 is 0 Å². The Hall–Kier alpha value is -5.20. The van der Waals surface area contributed by atoms with Gasteiger partial charge in [-0.25, -0.2) is 9.80 Å². The second-order valence-electron chi connectivity index (χ2n) is 8.21. The second-order valence-corrected chi connectivity index (χ2v) is 8.21. The molecule has 0 aliphatic heterocycles. The molecule has 2 unspecified atom stereocenters. The minimum Gasteiger partial charge on any atom is -0.445 e. The number of nitrogens with one attached hydrogen (secondary N) is 4. The standard InChI is InChI=1S/C26H30N6O7/c1-17(29-26(38)39-16-19-9-5-3-6-10-19)24(36)28-18(2)25(37)31-32(15-21(27)33)23(35)14-13-22(34)30-20-11-7-4-8-12-20/h3-14,17-18H,15-16H2,1-2H3,(H2,27,33)(H,28,36)(H,29,38)(H,30,34)(H,31,37)/b14-13+. The van der Waals surface area contributed by atoms with Crippen LogP contribution in [0.1, 0.15) is 19.4 Å². The van der Waals surface area contributed by atoms with Crippen LogP contribution in [0.2, 0.25) is 0 Å². The summed E-state index contributed by atoms with van der Waals surface area (Å²) in [5.74, 6) is -4.04. The van der Waals surface area contributed by atoms with E-state index in [1.165, 1.54) is 13.8 Å². The smallest absolute Gasteiger partial charge is 0.408 e. The lowest BCUT2D eigenvalue weighted by Crippen LogP contribution is -2.56. The van der Waals surface area contributed by atoms with Gasteiger partial charge in [0.05, 0.1) is 0 Å². The van der Waals surface area contributed by atoms with Crippen LogP contribution in [-0.4, -0.2) is 59.3 Å². The van der Waals surface area contributed by atoms with Crippen LogP contribution < -0.4 is 27.1 Å². The molecule has 2 atom stereocenters. The molecular weight excluding hydrogens is 508 g/mol. The van der Waals surface area contributed by atoms with Gasteiger partial charge in [0.25, 0.3) is 11.8 Å². The van der Waals surface area contributed by atoms with Crippen molar-refractivity contribution in [2.24, 2.45) is 5.73 Å². The summed E-state index contributed by atoms with van der Waals surface area (Å²) in [6.45, 7) is 2.02. The van der Waals surface area contributed by atoms with Gasteiger partial charge in [-0.1, -0.05) is 48.5 Å². The molecule has 6 amide bonds. The van der Waals surface area contributed by atoms with Crippen molar-refractivity contribution in [2.75, 3.05) is 11.9 Å². The van der Waals surface area contributed by atoms with E-state index in [-0.39, 0.29) is 6.61 Å². The number of rotatable bonds is 11. The summed E-state index contributed by atoms with van der Waals surface area (Å²) in [5.41, 5.74) is 8.60. The molecule has 0 fully saturated rings. The molecule has 0 aliphatic carbocycles. The predicted octanol–water partition coefficient (Wildman–Crippen LogP) is 0.346. The lowest BCUT2D eigenvalue weighted by molar-refractivity contribution is -0.142. The van der Waals surface area contributed by atoms with Crippen molar-refractivity contribution < 1.29 is 33.5 Å². The Morgan fingerprint density at radius 2 is 1.44 bits per heavy atom. The molecule has 2 rings (SSSR count). The van der Waals surface area contributed by atoms with Gasteiger partial charge in [0.2, 0.25) is 17.7 Å². The van der Waals surface area contributed by atoms with Gasteiger partial charge in [0.1, 0.15) is 25.2 Å². The van der Waals surface area contributed by atoms with Crippen LogP contribution in [0.3, 0.4) is 0 Å². The number of amides is 6. The van der Waals surface area contributed by atoms with Gasteiger partial charge < -0.3 is 26.4 Å². The molecule has 13 heteroatoms. The fraction of sp³-hybridized carbons (Fsp3) is 0.231. The molecular formula is C26H30N6O7. The number of nitrogens with zero attached hydrogens (tertiary/aromatic N) is 1. The molecule has 0 aromatic heterocycles. The van der Waals surface area contributed by atoms with Crippen LogP contribution in [-0.2, 0) is 35.3 Å². The average Bonchev–Trinajstić information content (AvgIpc) is 2.90. The number of alkyl carbamates (subject to hydrolysis) is 1. The highest BCUT2D eigenvalue weighted by Gasteiger charge is 2.24. The zero-order chi connectivity index (χ0) is 28.8. The Labute approximate surface area is 224 Å². The third-order valence-corrected chi connectivity index (χ3v) is 4.94. The number of ether oxygens (including phenoxy) is 1. The second kappa shape index (κ2) is 15.1. The normalized spacial score (nSPS) is 11.9. The Morgan fingerprint density at radius 1 is 0.846 bits per heavy atom. The van der Waals surface area contributed by atoms with Gasteiger partial charge in [-0.2, -0.15) is 0 Å². The maximum absolute atomic E-state index is 12.6. The maximum atomic E-state index is 12.6. The van der Waals surface area contributed by atoms with Crippen molar-refractivity contribution in [1.29, 1.82) is 0 Å². The number of carbonyl (C=O) groups is 6. The first-order valence-corrected chi connectivity index (χ1v) is 11.8. The quantitative estimate of drug-likeness (QED) is 0.201. The lowest BCUT2D eigenvalue weighted by Gasteiger charge is -2.24. The molecule has 39 heavy (non-hydrogen) atoms. The molecule has 206 valence electrons. The third-order valence-electron chi connectivity index (χ3n) is 4.94. The summed E-state index contributed by atoms with van der Waals surface area (Å²) in [5, 5.41) is 7.86. The number of nitrogens with two attached hydrogens (primary N) is 1. The SMILES string of the molecule is CC(NC(=O)OCc1ccccc1)C(=O)NC(C)C(=O)NN(CC(N)=O)C(=O)/C=C/C(=O)Nc1ccccc1. The summed E-state index contributed by atoms with van der Waals surface area (Å²) < 4.78 is 5.06. The molecule has 0 bridgehead atoms. The minimum atomic E-state index is -1.18. The molecule has 0 saturated heterocycles. The zero-order valence-electron chi connectivity index (χ0n) is 21.4. The Bertz CT molecular complexity index is 1200. The molecule has 2 aromatic carbocycles. The summed E-state index contributed by atoms with van der Waals surface area (Å²) in [6.07, 6.45) is 0.933. The van der Waals surface area contributed by atoms with Crippen LogP contribution in [0.5, 0.6) is 0 Å². The van der Waals surface area contributed by atoms with Gasteiger partial charge in [0.15, 0.2) is 0 Å². The number of anilines is 1. The van der Waals surface area contributed by atoms with Gasteiger partial charge in [-0.15, -0.1) is 0 Å². The van der Waals surface area contributed by atoms with Gasteiger partial charge >= 0.3 is 6.09 Å². The first-order valence-electron chi connectivity index (χ1n) is 11.8. The highest BCUT2D eigenvalue weighted by Crippen LogP contribution is 2.05. The summed E-state index contributed by atoms with van der Waals surface area (Å²) in [7, 11) is 0. The number of benzene rings is 2. The highest BCUT2D eigenvalue weighted by molar-refractivity contribution is 6.04. The number of hydrogen-bond acceptors (Lipinski definition) is 7. The maximum Gasteiger partial charge on any atom is 0.408 e. The molecule has 2 aromatic rings. The summed E-state index contributed by atoms with van der Waals surface area (Å²) in [4.78, 5) is 72.9. The van der Waals surface area contributed by atoms with Crippen molar-refractivity contribution in [3.05, 3.63) is 78.4 Å². The van der Waals surface area contributed by atoms with E-state index < -0.39 is 54.3 Å². The molecule has 0 aliphatic rings. The lowest BCUT2D eigenvalue weighted by atomic mass is 10.2. The largest absolute Gasteiger partial charge is 0.445 e. The van der Waals surface area contributed by atoms with Crippen LogP contribution in [0.15, 0.2) is 72.8 Å². The van der Waals surface area contributed by atoms with Gasteiger partial charge in [-0.3, -0.25) is 29.4 Å². The fourth-order valence-electron chi connectivity index (χ4n) is 2.91. The number of carbonyl (C=O) groups excluding carboxylic acids is 6. The van der Waals surface area contributed by atoms with E-state index in [0.29, 0.717) is 10.7 Å². The molecule has 13 nitrogen and oxygen atoms in total. The number of hydrazine groups is 1. The first kappa shape index (κ1) is 30.0. The molecule has 0 spiro atoms. The minimum absolute atomic E-state index is 0.00586. The van der Waals surface area contributed by atoms with Crippen LogP contribution >= 0.6 is 0 Å². The molecule has 6 N–H and O–H groups in total. The Balaban J connectivity index is 1.87. The monoisotopic (exact) mass is 538 g/mol. The van der Waals surface area contributed by atoms with Crippen molar-refractivity contribution in [1.82, 2.24) is 21.1 Å². The van der Waals surface area contributed by atoms with E-state index in [0.717, 1.165) is 17.7 Å². The number of hydrogen-bond donors (Lipinski definition) is 5. The average molecular weight is 539 g/mol. The predicted molar refractivity (Wildman–Crippen MR) is 140 cm³/mol. The number of primary amides is 1. The van der Waals surface area contributed by atoms with E-state index in [2.05, 4.69) is 21.4 Å². The molecule has 0 heterocycles. The summed E-state index contributed by atoms with van der Waals surface area (Å²) in [6, 6.07) is 15.2. The Morgan fingerprint density at radius 3 is 2.05 bits per heavy atom. The van der Waals surface area contributed by atoms with Crippen molar-refractivity contribution >= 4 is 41.3 Å². The Kier molecular flexibility index (Phi) is 11.7. The van der Waals surface area contributed by atoms with E-state index in [1.54, 1.807) is 54.6 Å². The molecule has 0 radical (unpaired) electrons. The topological polar surface area (TPSA) is 189 Å². The van der Waals surface area contributed by atoms with Crippen molar-refractivity contribution in [3.8, 4) is 0 Å². The summed E-state index contributed by atoms with van der Waals surface area (Å²) >= 11 is 0.